The Morgan fingerprint density at radius 1 is 0.914 bits per heavy atom. The zero-order valence-electron chi connectivity index (χ0n) is 20.7. The lowest BCUT2D eigenvalue weighted by atomic mass is 10.0. The molecule has 0 bridgehead atoms. The number of methoxy groups -OCH3 is 1. The van der Waals surface area contributed by atoms with Crippen LogP contribution in [0.25, 0.3) is 0 Å². The molecule has 0 saturated carbocycles. The molecule has 3 aromatic rings. The van der Waals surface area contributed by atoms with Crippen molar-refractivity contribution in [2.24, 2.45) is 0 Å². The monoisotopic (exact) mass is 471 g/mol. The van der Waals surface area contributed by atoms with Crippen molar-refractivity contribution in [2.45, 2.75) is 26.3 Å². The van der Waals surface area contributed by atoms with Gasteiger partial charge >= 0.3 is 0 Å². The first kappa shape index (κ1) is 24.5. The number of aryl methyl sites for hydroxylation is 2. The van der Waals surface area contributed by atoms with Gasteiger partial charge in [0, 0.05) is 26.2 Å². The van der Waals surface area contributed by atoms with E-state index in [4.69, 9.17) is 4.74 Å². The molecule has 3 aromatic carbocycles. The number of hydrogen-bond acceptors (Lipinski definition) is 4. The van der Waals surface area contributed by atoms with Crippen LogP contribution in [0.15, 0.2) is 72.8 Å². The zero-order valence-corrected chi connectivity index (χ0v) is 20.7. The molecule has 182 valence electrons. The Morgan fingerprint density at radius 3 is 2.29 bits per heavy atom. The van der Waals surface area contributed by atoms with Gasteiger partial charge in [0.2, 0.25) is 11.8 Å². The van der Waals surface area contributed by atoms with E-state index in [1.165, 1.54) is 0 Å². The Hall–Kier alpha value is -3.64. The van der Waals surface area contributed by atoms with Crippen molar-refractivity contribution in [3.05, 3.63) is 95.1 Å². The topological polar surface area (TPSA) is 61.9 Å². The highest BCUT2D eigenvalue weighted by Crippen LogP contribution is 2.29. The number of rotatable bonds is 7. The molecule has 2 amide bonds. The highest BCUT2D eigenvalue weighted by molar-refractivity contribution is 5.97. The zero-order chi connectivity index (χ0) is 24.8. The van der Waals surface area contributed by atoms with Gasteiger partial charge in [0.25, 0.3) is 0 Å². The fourth-order valence-corrected chi connectivity index (χ4v) is 4.60. The summed E-state index contributed by atoms with van der Waals surface area (Å²) in [5.41, 5.74) is 4.82. The lowest BCUT2D eigenvalue weighted by molar-refractivity contribution is -0.133. The fourth-order valence-electron chi connectivity index (χ4n) is 4.60. The van der Waals surface area contributed by atoms with Gasteiger partial charge in [-0.25, -0.2) is 0 Å². The second-order valence-electron chi connectivity index (χ2n) is 9.03. The van der Waals surface area contributed by atoms with Crippen molar-refractivity contribution in [1.29, 1.82) is 0 Å². The molecule has 6 heteroatoms. The summed E-state index contributed by atoms with van der Waals surface area (Å²) in [5, 5.41) is 3.08. The van der Waals surface area contributed by atoms with E-state index in [0.29, 0.717) is 44.0 Å². The third-order valence-corrected chi connectivity index (χ3v) is 6.61. The minimum absolute atomic E-state index is 0.111. The number of piperazine rings is 1. The second kappa shape index (κ2) is 11.2. The second-order valence-corrected chi connectivity index (χ2v) is 9.03. The quantitative estimate of drug-likeness (QED) is 0.556. The predicted molar refractivity (Wildman–Crippen MR) is 139 cm³/mol. The first-order valence-corrected chi connectivity index (χ1v) is 12.0. The van der Waals surface area contributed by atoms with Gasteiger partial charge < -0.3 is 15.0 Å². The van der Waals surface area contributed by atoms with E-state index in [2.05, 4.69) is 10.2 Å². The van der Waals surface area contributed by atoms with Crippen LogP contribution in [0.3, 0.4) is 0 Å². The van der Waals surface area contributed by atoms with Gasteiger partial charge in [-0.15, -0.1) is 0 Å². The minimum atomic E-state index is -0.463. The van der Waals surface area contributed by atoms with Gasteiger partial charge in [-0.1, -0.05) is 60.7 Å². The Morgan fingerprint density at radius 2 is 1.60 bits per heavy atom. The van der Waals surface area contributed by atoms with Crippen LogP contribution < -0.4 is 10.1 Å². The van der Waals surface area contributed by atoms with Gasteiger partial charge in [0.1, 0.15) is 11.8 Å². The Bertz CT molecular complexity index is 1170. The molecular weight excluding hydrogens is 438 g/mol. The molecule has 0 aliphatic carbocycles. The first-order chi connectivity index (χ1) is 17.0. The van der Waals surface area contributed by atoms with Crippen LogP contribution in [-0.2, 0) is 16.0 Å². The number of amides is 2. The third kappa shape index (κ3) is 5.89. The van der Waals surface area contributed by atoms with Gasteiger partial charge in [0.15, 0.2) is 0 Å². The van der Waals surface area contributed by atoms with E-state index < -0.39 is 6.04 Å². The molecule has 4 rings (SSSR count). The van der Waals surface area contributed by atoms with E-state index >= 15 is 0 Å². The van der Waals surface area contributed by atoms with Crippen LogP contribution in [0.4, 0.5) is 5.69 Å². The van der Waals surface area contributed by atoms with Crippen molar-refractivity contribution in [3.8, 4) is 5.75 Å². The molecule has 0 aromatic heterocycles. The Labute approximate surface area is 207 Å². The van der Waals surface area contributed by atoms with Crippen LogP contribution in [0.2, 0.25) is 0 Å². The highest BCUT2D eigenvalue weighted by atomic mass is 16.5. The minimum Gasteiger partial charge on any atom is -0.495 e. The smallest absolute Gasteiger partial charge is 0.246 e. The van der Waals surface area contributed by atoms with Crippen LogP contribution >= 0.6 is 0 Å². The summed E-state index contributed by atoms with van der Waals surface area (Å²) in [4.78, 5) is 30.6. The normalized spacial score (nSPS) is 14.9. The number of nitrogens with one attached hydrogen (secondary N) is 1. The Kier molecular flexibility index (Phi) is 7.83. The summed E-state index contributed by atoms with van der Waals surface area (Å²) in [7, 11) is 1.60. The number of nitrogens with zero attached hydrogens (tertiary/aromatic N) is 2. The van der Waals surface area contributed by atoms with Crippen LogP contribution in [-0.4, -0.2) is 54.9 Å². The summed E-state index contributed by atoms with van der Waals surface area (Å²) in [6.45, 7) is 6.45. The molecule has 0 radical (unpaired) electrons. The summed E-state index contributed by atoms with van der Waals surface area (Å²) >= 11 is 0. The van der Waals surface area contributed by atoms with Crippen molar-refractivity contribution >= 4 is 17.5 Å². The van der Waals surface area contributed by atoms with Gasteiger partial charge in [-0.2, -0.15) is 0 Å². The molecule has 1 atom stereocenters. The molecule has 1 aliphatic heterocycles. The molecule has 6 nitrogen and oxygen atoms in total. The lowest BCUT2D eigenvalue weighted by Crippen LogP contribution is -2.52. The molecular formula is C29H33N3O3. The lowest BCUT2D eigenvalue weighted by Gasteiger charge is -2.39. The highest BCUT2D eigenvalue weighted by Gasteiger charge is 2.32. The predicted octanol–water partition coefficient (Wildman–Crippen LogP) is 4.38. The largest absolute Gasteiger partial charge is 0.495 e. The van der Waals surface area contributed by atoms with Gasteiger partial charge in [-0.05, 0) is 48.2 Å². The summed E-state index contributed by atoms with van der Waals surface area (Å²) in [5.74, 6) is 0.645. The third-order valence-electron chi connectivity index (χ3n) is 6.61. The summed E-state index contributed by atoms with van der Waals surface area (Å²) in [6, 6.07) is 23.1. The van der Waals surface area contributed by atoms with Crippen molar-refractivity contribution in [1.82, 2.24) is 9.80 Å². The first-order valence-electron chi connectivity index (χ1n) is 12.0. The van der Waals surface area contributed by atoms with Crippen LogP contribution in [0.1, 0.15) is 28.3 Å². The van der Waals surface area contributed by atoms with E-state index in [0.717, 1.165) is 22.3 Å². The number of carbonyl (C=O) groups is 2. The van der Waals surface area contributed by atoms with Crippen molar-refractivity contribution in [2.75, 3.05) is 38.6 Å². The van der Waals surface area contributed by atoms with Crippen LogP contribution in [0.5, 0.6) is 5.75 Å². The van der Waals surface area contributed by atoms with E-state index in [-0.39, 0.29) is 11.8 Å². The summed E-state index contributed by atoms with van der Waals surface area (Å²) in [6.07, 6.45) is 0.405. The maximum Gasteiger partial charge on any atom is 0.246 e. The molecule has 1 fully saturated rings. The number of ether oxygens (including phenoxy) is 1. The number of benzene rings is 3. The summed E-state index contributed by atoms with van der Waals surface area (Å²) < 4.78 is 5.46. The molecule has 1 saturated heterocycles. The van der Waals surface area contributed by atoms with E-state index in [9.17, 15) is 9.59 Å². The fraction of sp³-hybridized carbons (Fsp3) is 0.310. The van der Waals surface area contributed by atoms with Gasteiger partial charge in [0.05, 0.1) is 19.2 Å². The molecule has 35 heavy (non-hydrogen) atoms. The van der Waals surface area contributed by atoms with Crippen LogP contribution in [0, 0.1) is 13.8 Å². The molecule has 1 N–H and O–H groups in total. The maximum atomic E-state index is 13.6. The molecule has 1 unspecified atom stereocenters. The number of hydrogen-bond donors (Lipinski definition) is 1. The average molecular weight is 472 g/mol. The van der Waals surface area contributed by atoms with Gasteiger partial charge in [-0.3, -0.25) is 14.5 Å². The van der Waals surface area contributed by atoms with E-state index in [1.54, 1.807) is 7.11 Å². The van der Waals surface area contributed by atoms with Crippen molar-refractivity contribution < 1.29 is 14.3 Å². The average Bonchev–Trinajstić information content (AvgIpc) is 2.87. The van der Waals surface area contributed by atoms with Crippen molar-refractivity contribution in [3.63, 3.8) is 0 Å². The SMILES string of the molecule is COc1ccc(C)cc1NC(=O)C(c1ccccc1)N1CCN(C(=O)Cc2ccccc2C)CC1. The Balaban J connectivity index is 1.48. The number of anilines is 1. The maximum absolute atomic E-state index is 13.6. The van der Waals surface area contributed by atoms with E-state index in [1.807, 2.05) is 91.5 Å². The standard InChI is InChI=1S/C29H33N3O3/c1-21-13-14-26(35-3)25(19-21)30-29(34)28(23-10-5-4-6-11-23)32-17-15-31(16-18-32)27(33)20-24-12-8-7-9-22(24)2/h4-14,19,28H,15-18,20H2,1-3H3,(H,30,34). The number of carbonyl (C=O) groups excluding carboxylic acids is 2. The molecule has 1 heterocycles. The molecule has 0 spiro atoms. The molecule has 1 aliphatic rings.